The molecular weight excluding hydrogens is 540 g/mol. The monoisotopic (exact) mass is 566 g/mol. The Kier molecular flexibility index (Phi) is 7.43. The van der Waals surface area contributed by atoms with Gasteiger partial charge in [0.2, 0.25) is 0 Å². The fourth-order valence-electron chi connectivity index (χ4n) is 4.46. The van der Waals surface area contributed by atoms with Gasteiger partial charge in [0.15, 0.2) is 0 Å². The Balaban J connectivity index is 1.52. The van der Waals surface area contributed by atoms with Crippen molar-refractivity contribution >= 4 is 21.9 Å². The molecule has 0 aliphatic carbocycles. The average Bonchev–Trinajstić information content (AvgIpc) is 3.34. The first-order valence-electron chi connectivity index (χ1n) is 12.4. The third-order valence-corrected chi connectivity index (χ3v) is 7.32. The zero-order valence-electron chi connectivity index (χ0n) is 21.1. The van der Waals surface area contributed by atoms with E-state index in [-0.39, 0.29) is 6.42 Å². The molecule has 0 aliphatic heterocycles. The van der Waals surface area contributed by atoms with Crippen LogP contribution in [0.2, 0.25) is 0 Å². The highest BCUT2D eigenvalue weighted by Crippen LogP contribution is 2.31. The van der Waals surface area contributed by atoms with Gasteiger partial charge >= 0.3 is 5.97 Å². The number of aromatic nitrogens is 2. The summed E-state index contributed by atoms with van der Waals surface area (Å²) in [6.45, 7) is 4.01. The summed E-state index contributed by atoms with van der Waals surface area (Å²) in [6, 6.07) is 33.2. The molecule has 1 N–H and O–H groups in total. The molecule has 1 heterocycles. The van der Waals surface area contributed by atoms with Crippen molar-refractivity contribution in [3.8, 4) is 28.4 Å². The van der Waals surface area contributed by atoms with Gasteiger partial charge in [-0.2, -0.15) is 5.10 Å². The number of carboxylic acid groups (broad SMARTS) is 1. The molecule has 0 aliphatic rings. The van der Waals surface area contributed by atoms with Crippen LogP contribution >= 0.6 is 15.9 Å². The Hall–Kier alpha value is -4.16. The molecule has 5 rings (SSSR count). The van der Waals surface area contributed by atoms with Crippen molar-refractivity contribution in [2.45, 2.75) is 26.2 Å². The Morgan fingerprint density at radius 3 is 2.32 bits per heavy atom. The number of hydrogen-bond acceptors (Lipinski definition) is 3. The summed E-state index contributed by atoms with van der Waals surface area (Å²) in [6.07, 6.45) is 0.281. The third-order valence-electron chi connectivity index (χ3n) is 6.43. The van der Waals surface area contributed by atoms with E-state index in [1.807, 2.05) is 116 Å². The van der Waals surface area contributed by atoms with E-state index >= 15 is 0 Å². The molecule has 1 atom stereocenters. The predicted molar refractivity (Wildman–Crippen MR) is 153 cm³/mol. The maximum Gasteiger partial charge on any atom is 0.311 e. The molecule has 1 aromatic heterocycles. The Labute approximate surface area is 230 Å². The minimum atomic E-state index is -0.867. The third kappa shape index (κ3) is 5.71. The lowest BCUT2D eigenvalue weighted by Gasteiger charge is -2.12. The van der Waals surface area contributed by atoms with Crippen LogP contribution in [0.15, 0.2) is 108 Å². The van der Waals surface area contributed by atoms with Crippen LogP contribution in [0.5, 0.6) is 11.5 Å². The van der Waals surface area contributed by atoms with Crippen LogP contribution in [0.4, 0.5) is 0 Å². The number of hydrogen-bond donors (Lipinski definition) is 1. The zero-order chi connectivity index (χ0) is 26.6. The fraction of sp³-hybridized carbons (Fsp3) is 0.125. The lowest BCUT2D eigenvalue weighted by atomic mass is 9.93. The van der Waals surface area contributed by atoms with Crippen molar-refractivity contribution in [3.63, 3.8) is 0 Å². The quantitative estimate of drug-likeness (QED) is 0.206. The SMILES string of the molecule is Cc1cccc(C(Cc2cc(-c3ccc(Br)c(C)c3)n(-c3ccc(Oc4ccccc4)cc3)n2)C(=O)O)c1. The maximum atomic E-state index is 12.3. The summed E-state index contributed by atoms with van der Waals surface area (Å²) < 4.78 is 8.86. The smallest absolute Gasteiger partial charge is 0.311 e. The Morgan fingerprint density at radius 1 is 0.895 bits per heavy atom. The molecule has 6 heteroatoms. The number of ether oxygens (including phenoxy) is 1. The van der Waals surface area contributed by atoms with Crippen LogP contribution in [0, 0.1) is 13.8 Å². The zero-order valence-corrected chi connectivity index (χ0v) is 22.7. The summed E-state index contributed by atoms with van der Waals surface area (Å²) in [5.74, 6) is -0.0738. The lowest BCUT2D eigenvalue weighted by Crippen LogP contribution is -2.15. The van der Waals surface area contributed by atoms with Gasteiger partial charge in [0.1, 0.15) is 11.5 Å². The number of carbonyl (C=O) groups is 1. The molecule has 190 valence electrons. The number of halogens is 1. The van der Waals surface area contributed by atoms with Gasteiger partial charge < -0.3 is 9.84 Å². The number of benzene rings is 4. The molecule has 0 spiro atoms. The van der Waals surface area contributed by atoms with Crippen molar-refractivity contribution < 1.29 is 14.6 Å². The standard InChI is InChI=1S/C32H27BrN2O3/c1-21-7-6-8-23(17-21)29(32(36)37)19-25-20-31(24-11-16-30(33)22(2)18-24)35(34-25)26-12-14-28(15-13-26)38-27-9-4-3-5-10-27/h3-18,20,29H,19H2,1-2H3,(H,36,37). The molecule has 38 heavy (non-hydrogen) atoms. The molecule has 0 saturated carbocycles. The number of nitrogens with zero attached hydrogens (tertiary/aromatic N) is 2. The van der Waals surface area contributed by atoms with Crippen LogP contribution in [-0.4, -0.2) is 20.9 Å². The second kappa shape index (κ2) is 11.1. The maximum absolute atomic E-state index is 12.3. The van der Waals surface area contributed by atoms with Crippen LogP contribution < -0.4 is 4.74 Å². The van der Waals surface area contributed by atoms with Gasteiger partial charge in [-0.1, -0.05) is 70.0 Å². The molecule has 0 bridgehead atoms. The van der Waals surface area contributed by atoms with Crippen molar-refractivity contribution in [1.29, 1.82) is 0 Å². The number of aliphatic carboxylic acids is 1. The van der Waals surface area contributed by atoms with Gasteiger partial charge in [0.25, 0.3) is 0 Å². The van der Waals surface area contributed by atoms with E-state index in [1.54, 1.807) is 0 Å². The molecule has 5 nitrogen and oxygen atoms in total. The normalized spacial score (nSPS) is 11.8. The van der Waals surface area contributed by atoms with Crippen molar-refractivity contribution in [3.05, 3.63) is 130 Å². The number of rotatable bonds is 8. The van der Waals surface area contributed by atoms with Crippen LogP contribution in [-0.2, 0) is 11.2 Å². The molecule has 1 unspecified atom stereocenters. The minimum absolute atomic E-state index is 0.281. The molecule has 0 fully saturated rings. The molecule has 4 aromatic carbocycles. The average molecular weight is 567 g/mol. The first-order chi connectivity index (χ1) is 18.4. The minimum Gasteiger partial charge on any atom is -0.481 e. The van der Waals surface area contributed by atoms with Crippen LogP contribution in [0.3, 0.4) is 0 Å². The van der Waals surface area contributed by atoms with Crippen molar-refractivity contribution in [1.82, 2.24) is 9.78 Å². The summed E-state index contributed by atoms with van der Waals surface area (Å²) in [5.41, 5.74) is 6.36. The Bertz CT molecular complexity index is 1580. The highest BCUT2D eigenvalue weighted by Gasteiger charge is 2.23. The van der Waals surface area contributed by atoms with E-state index in [4.69, 9.17) is 9.84 Å². The molecular formula is C32H27BrN2O3. The van der Waals surface area contributed by atoms with Gasteiger partial charge in [-0.3, -0.25) is 4.79 Å². The van der Waals surface area contributed by atoms with E-state index in [9.17, 15) is 9.90 Å². The van der Waals surface area contributed by atoms with Crippen LogP contribution in [0.1, 0.15) is 28.3 Å². The van der Waals surface area contributed by atoms with E-state index in [0.29, 0.717) is 5.69 Å². The fourth-order valence-corrected chi connectivity index (χ4v) is 4.71. The number of aryl methyl sites for hydroxylation is 2. The van der Waals surface area contributed by atoms with E-state index < -0.39 is 11.9 Å². The largest absolute Gasteiger partial charge is 0.481 e. The van der Waals surface area contributed by atoms with Gasteiger partial charge in [-0.05, 0) is 79.6 Å². The first-order valence-corrected chi connectivity index (χ1v) is 13.1. The van der Waals surface area contributed by atoms with Gasteiger partial charge in [0.05, 0.1) is 23.0 Å². The number of para-hydroxylation sites is 1. The van der Waals surface area contributed by atoms with Gasteiger partial charge in [0, 0.05) is 16.5 Å². The molecule has 5 aromatic rings. The van der Waals surface area contributed by atoms with Crippen LogP contribution in [0.25, 0.3) is 16.9 Å². The summed E-state index contributed by atoms with van der Waals surface area (Å²) in [5, 5.41) is 14.9. The van der Waals surface area contributed by atoms with E-state index in [0.717, 1.165) is 49.6 Å². The second-order valence-corrected chi connectivity index (χ2v) is 10.2. The van der Waals surface area contributed by atoms with Gasteiger partial charge in [-0.15, -0.1) is 0 Å². The molecule has 0 radical (unpaired) electrons. The van der Waals surface area contributed by atoms with E-state index in [2.05, 4.69) is 22.0 Å². The highest BCUT2D eigenvalue weighted by molar-refractivity contribution is 9.10. The number of carboxylic acids is 1. The summed E-state index contributed by atoms with van der Waals surface area (Å²) in [4.78, 5) is 12.3. The second-order valence-electron chi connectivity index (χ2n) is 9.31. The van der Waals surface area contributed by atoms with E-state index in [1.165, 1.54) is 0 Å². The lowest BCUT2D eigenvalue weighted by molar-refractivity contribution is -0.138. The van der Waals surface area contributed by atoms with Crippen molar-refractivity contribution in [2.24, 2.45) is 0 Å². The van der Waals surface area contributed by atoms with Gasteiger partial charge in [-0.25, -0.2) is 4.68 Å². The first kappa shape index (κ1) is 25.5. The topological polar surface area (TPSA) is 64.4 Å². The predicted octanol–water partition coefficient (Wildman–Crippen LogP) is 8.12. The summed E-state index contributed by atoms with van der Waals surface area (Å²) in [7, 11) is 0. The van der Waals surface area contributed by atoms with Crippen molar-refractivity contribution in [2.75, 3.05) is 0 Å². The Morgan fingerprint density at radius 2 is 1.63 bits per heavy atom. The highest BCUT2D eigenvalue weighted by atomic mass is 79.9. The molecule has 0 amide bonds. The molecule has 0 saturated heterocycles. The summed E-state index contributed by atoms with van der Waals surface area (Å²) >= 11 is 3.58.